The molecule has 0 radical (unpaired) electrons. The normalized spacial score (nSPS) is 22.9. The molecule has 0 saturated carbocycles. The molecular formula is C17H26N2O. The van der Waals surface area contributed by atoms with Crippen LogP contribution in [0.2, 0.25) is 0 Å². The Morgan fingerprint density at radius 3 is 2.30 bits per heavy atom. The Morgan fingerprint density at radius 2 is 1.80 bits per heavy atom. The minimum atomic E-state index is 0.290. The molecule has 0 spiro atoms. The zero-order valence-corrected chi connectivity index (χ0v) is 13.1. The fraction of sp³-hybridized carbons (Fsp3) is 0.588. The van der Waals surface area contributed by atoms with E-state index in [2.05, 4.69) is 57.0 Å². The van der Waals surface area contributed by atoms with Crippen molar-refractivity contribution in [3.63, 3.8) is 0 Å². The van der Waals surface area contributed by atoms with E-state index in [0.717, 1.165) is 19.6 Å². The first-order valence-electron chi connectivity index (χ1n) is 7.57. The van der Waals surface area contributed by atoms with E-state index in [4.69, 9.17) is 0 Å². The van der Waals surface area contributed by atoms with Crippen LogP contribution in [0.25, 0.3) is 0 Å². The third kappa shape index (κ3) is 3.40. The summed E-state index contributed by atoms with van der Waals surface area (Å²) in [5, 5.41) is 0. The SMILES string of the molecule is CCc1ccc(CN(C)CN2C(=O)C[C@@H](C)[C@H]2C)cc1. The van der Waals surface area contributed by atoms with E-state index in [1.54, 1.807) is 0 Å². The molecule has 0 unspecified atom stereocenters. The lowest BCUT2D eigenvalue weighted by atomic mass is 10.1. The second-order valence-electron chi connectivity index (χ2n) is 6.11. The summed E-state index contributed by atoms with van der Waals surface area (Å²) in [6.07, 6.45) is 1.77. The van der Waals surface area contributed by atoms with Gasteiger partial charge in [-0.1, -0.05) is 38.1 Å². The Labute approximate surface area is 122 Å². The van der Waals surface area contributed by atoms with Gasteiger partial charge in [-0.3, -0.25) is 9.69 Å². The summed E-state index contributed by atoms with van der Waals surface area (Å²) in [6, 6.07) is 9.11. The highest BCUT2D eigenvalue weighted by molar-refractivity contribution is 5.79. The predicted molar refractivity (Wildman–Crippen MR) is 82.2 cm³/mol. The van der Waals surface area contributed by atoms with Crippen LogP contribution in [0.1, 0.15) is 38.3 Å². The highest BCUT2D eigenvalue weighted by Crippen LogP contribution is 2.24. The third-order valence-corrected chi connectivity index (χ3v) is 4.41. The lowest BCUT2D eigenvalue weighted by molar-refractivity contribution is -0.130. The number of carbonyl (C=O) groups excluding carboxylic acids is 1. The lowest BCUT2D eigenvalue weighted by Gasteiger charge is -2.29. The average molecular weight is 274 g/mol. The molecule has 0 N–H and O–H groups in total. The highest BCUT2D eigenvalue weighted by Gasteiger charge is 2.34. The van der Waals surface area contributed by atoms with E-state index in [1.165, 1.54) is 11.1 Å². The number of hydrogen-bond donors (Lipinski definition) is 0. The number of aryl methyl sites for hydroxylation is 1. The van der Waals surface area contributed by atoms with Gasteiger partial charge in [0.2, 0.25) is 5.91 Å². The highest BCUT2D eigenvalue weighted by atomic mass is 16.2. The fourth-order valence-electron chi connectivity index (χ4n) is 2.81. The summed E-state index contributed by atoms with van der Waals surface area (Å²) in [4.78, 5) is 16.2. The number of nitrogens with zero attached hydrogens (tertiary/aromatic N) is 2. The molecule has 0 aromatic heterocycles. The van der Waals surface area contributed by atoms with Gasteiger partial charge in [0.25, 0.3) is 0 Å². The summed E-state index contributed by atoms with van der Waals surface area (Å²) < 4.78 is 0. The molecule has 3 nitrogen and oxygen atoms in total. The lowest BCUT2D eigenvalue weighted by Crippen LogP contribution is -2.40. The number of benzene rings is 1. The van der Waals surface area contributed by atoms with Crippen molar-refractivity contribution >= 4 is 5.91 Å². The Kier molecular flexibility index (Phi) is 4.81. The monoisotopic (exact) mass is 274 g/mol. The average Bonchev–Trinajstić information content (AvgIpc) is 2.66. The smallest absolute Gasteiger partial charge is 0.224 e. The summed E-state index contributed by atoms with van der Waals surface area (Å²) in [5.74, 6) is 0.762. The number of amides is 1. The van der Waals surface area contributed by atoms with Crippen LogP contribution >= 0.6 is 0 Å². The van der Waals surface area contributed by atoms with Crippen molar-refractivity contribution in [2.45, 2.75) is 46.2 Å². The van der Waals surface area contributed by atoms with Crippen molar-refractivity contribution in [2.24, 2.45) is 5.92 Å². The summed E-state index contributed by atoms with van der Waals surface area (Å²) >= 11 is 0. The van der Waals surface area contributed by atoms with Crippen LogP contribution in [0.4, 0.5) is 0 Å². The van der Waals surface area contributed by atoms with Crippen LogP contribution < -0.4 is 0 Å². The van der Waals surface area contributed by atoms with Crippen molar-refractivity contribution in [2.75, 3.05) is 13.7 Å². The molecule has 2 atom stereocenters. The van der Waals surface area contributed by atoms with Gasteiger partial charge in [0.15, 0.2) is 0 Å². The second-order valence-corrected chi connectivity index (χ2v) is 6.11. The first-order chi connectivity index (χ1) is 9.51. The van der Waals surface area contributed by atoms with Gasteiger partial charge in [-0.05, 0) is 37.4 Å². The van der Waals surface area contributed by atoms with Crippen LogP contribution in [0, 0.1) is 5.92 Å². The van der Waals surface area contributed by atoms with Crippen molar-refractivity contribution in [1.29, 1.82) is 0 Å². The van der Waals surface area contributed by atoms with Gasteiger partial charge in [-0.25, -0.2) is 0 Å². The van der Waals surface area contributed by atoms with E-state index in [0.29, 0.717) is 18.4 Å². The minimum Gasteiger partial charge on any atom is -0.327 e. The zero-order valence-electron chi connectivity index (χ0n) is 13.1. The molecule has 1 amide bonds. The Bertz CT molecular complexity index is 455. The van der Waals surface area contributed by atoms with E-state index >= 15 is 0 Å². The molecule has 1 aromatic carbocycles. The number of likely N-dealkylation sites (tertiary alicyclic amines) is 1. The predicted octanol–water partition coefficient (Wildman–Crippen LogP) is 2.90. The Morgan fingerprint density at radius 1 is 1.20 bits per heavy atom. The molecule has 3 heteroatoms. The molecule has 0 aliphatic carbocycles. The second kappa shape index (κ2) is 6.40. The van der Waals surface area contributed by atoms with Crippen molar-refractivity contribution in [1.82, 2.24) is 9.80 Å². The van der Waals surface area contributed by atoms with Gasteiger partial charge in [0.1, 0.15) is 0 Å². The zero-order chi connectivity index (χ0) is 14.7. The van der Waals surface area contributed by atoms with E-state index < -0.39 is 0 Å². The Balaban J connectivity index is 1.91. The van der Waals surface area contributed by atoms with Crippen molar-refractivity contribution < 1.29 is 4.79 Å². The summed E-state index contributed by atoms with van der Waals surface area (Å²) in [5.41, 5.74) is 2.67. The summed E-state index contributed by atoms with van der Waals surface area (Å²) in [7, 11) is 2.08. The molecule has 110 valence electrons. The topological polar surface area (TPSA) is 23.6 Å². The number of rotatable bonds is 5. The maximum Gasteiger partial charge on any atom is 0.224 e. The molecule has 1 saturated heterocycles. The summed E-state index contributed by atoms with van der Waals surface area (Å²) in [6.45, 7) is 8.09. The fourth-order valence-corrected chi connectivity index (χ4v) is 2.81. The number of carbonyl (C=O) groups is 1. The van der Waals surface area contributed by atoms with E-state index in [-0.39, 0.29) is 5.91 Å². The first-order valence-corrected chi connectivity index (χ1v) is 7.57. The standard InChI is InChI=1S/C17H26N2O/c1-5-15-6-8-16(9-7-15)11-18(4)12-19-14(3)13(2)10-17(19)20/h6-9,13-14H,5,10-12H2,1-4H3/t13-,14-/m1/s1. The Hall–Kier alpha value is -1.35. The molecule has 20 heavy (non-hydrogen) atoms. The molecule has 1 fully saturated rings. The van der Waals surface area contributed by atoms with Crippen LogP contribution in [0.15, 0.2) is 24.3 Å². The van der Waals surface area contributed by atoms with Gasteiger partial charge in [-0.15, -0.1) is 0 Å². The largest absolute Gasteiger partial charge is 0.327 e. The minimum absolute atomic E-state index is 0.290. The van der Waals surface area contributed by atoms with Crippen molar-refractivity contribution in [3.8, 4) is 0 Å². The van der Waals surface area contributed by atoms with Crippen molar-refractivity contribution in [3.05, 3.63) is 35.4 Å². The molecular weight excluding hydrogens is 248 g/mol. The van der Waals surface area contributed by atoms with E-state index in [1.807, 2.05) is 4.90 Å². The molecule has 0 bridgehead atoms. The van der Waals surface area contributed by atoms with Gasteiger partial charge in [0.05, 0.1) is 6.67 Å². The maximum absolute atomic E-state index is 12.0. The van der Waals surface area contributed by atoms with Gasteiger partial charge < -0.3 is 4.90 Å². The van der Waals surface area contributed by atoms with Crippen LogP contribution in [-0.4, -0.2) is 35.5 Å². The molecule has 2 rings (SSSR count). The van der Waals surface area contributed by atoms with E-state index in [9.17, 15) is 4.79 Å². The van der Waals surface area contributed by atoms with Gasteiger partial charge in [-0.2, -0.15) is 0 Å². The van der Waals surface area contributed by atoms with Gasteiger partial charge >= 0.3 is 0 Å². The quantitative estimate of drug-likeness (QED) is 0.824. The van der Waals surface area contributed by atoms with Crippen LogP contribution in [-0.2, 0) is 17.8 Å². The molecule has 1 heterocycles. The van der Waals surface area contributed by atoms with Crippen LogP contribution in [0.5, 0.6) is 0 Å². The van der Waals surface area contributed by atoms with Gasteiger partial charge in [0, 0.05) is 19.0 Å². The first kappa shape index (κ1) is 15.0. The molecule has 1 aliphatic heterocycles. The number of hydrogen-bond acceptors (Lipinski definition) is 2. The van der Waals surface area contributed by atoms with Crippen LogP contribution in [0.3, 0.4) is 0 Å². The molecule has 1 aliphatic rings. The third-order valence-electron chi connectivity index (χ3n) is 4.41. The maximum atomic E-state index is 12.0. The molecule has 1 aromatic rings.